The Hall–Kier alpha value is -1.50. The van der Waals surface area contributed by atoms with Crippen LogP contribution >= 0.6 is 0 Å². The second kappa shape index (κ2) is 11.3. The minimum atomic E-state index is -0.574. The molecule has 0 saturated heterocycles. The zero-order chi connectivity index (χ0) is 15.4. The van der Waals surface area contributed by atoms with Crippen molar-refractivity contribution in [2.75, 3.05) is 13.1 Å². The summed E-state index contributed by atoms with van der Waals surface area (Å²) >= 11 is 0. The SMILES string of the molecule is CCCCNCc1ccc(F)c(C)c1.NCC(=O)NO. The molecule has 0 unspecified atom stereocenters. The van der Waals surface area contributed by atoms with Gasteiger partial charge in [0.15, 0.2) is 0 Å². The van der Waals surface area contributed by atoms with Gasteiger partial charge >= 0.3 is 0 Å². The highest BCUT2D eigenvalue weighted by atomic mass is 19.1. The number of carbonyl (C=O) groups is 1. The Labute approximate surface area is 119 Å². The molecule has 1 amide bonds. The summed E-state index contributed by atoms with van der Waals surface area (Å²) in [6, 6.07) is 5.27. The van der Waals surface area contributed by atoms with Crippen LogP contribution in [0.2, 0.25) is 0 Å². The molecule has 0 bridgehead atoms. The standard InChI is InChI=1S/C12H18FN.C2H6N2O2/c1-3-4-7-14-9-11-5-6-12(13)10(2)8-11;3-1-2(5)4-6/h5-6,8,14H,3-4,7,9H2,1-2H3;6H,1,3H2,(H,4,5). The van der Waals surface area contributed by atoms with E-state index in [2.05, 4.69) is 12.2 Å². The highest BCUT2D eigenvalue weighted by Crippen LogP contribution is 2.08. The molecule has 0 fully saturated rings. The van der Waals surface area contributed by atoms with Crippen molar-refractivity contribution in [1.29, 1.82) is 0 Å². The van der Waals surface area contributed by atoms with Crippen molar-refractivity contribution in [1.82, 2.24) is 10.8 Å². The predicted octanol–water partition coefficient (Wildman–Crippen LogP) is 1.47. The number of rotatable bonds is 6. The second-order valence-electron chi connectivity index (χ2n) is 4.35. The van der Waals surface area contributed by atoms with Crippen LogP contribution < -0.4 is 16.5 Å². The van der Waals surface area contributed by atoms with E-state index < -0.39 is 5.91 Å². The van der Waals surface area contributed by atoms with Crippen LogP contribution in [0.3, 0.4) is 0 Å². The topological polar surface area (TPSA) is 87.4 Å². The number of nitrogens with one attached hydrogen (secondary N) is 2. The van der Waals surface area contributed by atoms with E-state index in [0.717, 1.165) is 24.2 Å². The summed E-state index contributed by atoms with van der Waals surface area (Å²) < 4.78 is 12.9. The summed E-state index contributed by atoms with van der Waals surface area (Å²) in [6.07, 6.45) is 2.40. The van der Waals surface area contributed by atoms with Gasteiger partial charge in [0, 0.05) is 6.54 Å². The fourth-order valence-corrected chi connectivity index (χ4v) is 1.40. The average molecular weight is 285 g/mol. The molecule has 0 radical (unpaired) electrons. The number of carbonyl (C=O) groups excluding carboxylic acids is 1. The number of hydrogen-bond acceptors (Lipinski definition) is 4. The van der Waals surface area contributed by atoms with Gasteiger partial charge in [0.25, 0.3) is 5.91 Å². The molecule has 0 heterocycles. The average Bonchev–Trinajstić information content (AvgIpc) is 2.47. The van der Waals surface area contributed by atoms with E-state index in [1.807, 2.05) is 12.1 Å². The maximum absolute atomic E-state index is 12.9. The molecular formula is C14H24FN3O2. The van der Waals surface area contributed by atoms with Crippen LogP contribution in [0, 0.1) is 12.7 Å². The first kappa shape index (κ1) is 18.5. The van der Waals surface area contributed by atoms with Crippen LogP contribution in [0.5, 0.6) is 0 Å². The zero-order valence-electron chi connectivity index (χ0n) is 12.1. The Morgan fingerprint density at radius 2 is 2.15 bits per heavy atom. The molecule has 0 saturated carbocycles. The van der Waals surface area contributed by atoms with Gasteiger partial charge in [-0.3, -0.25) is 10.0 Å². The fourth-order valence-electron chi connectivity index (χ4n) is 1.40. The van der Waals surface area contributed by atoms with Gasteiger partial charge in [-0.15, -0.1) is 0 Å². The van der Waals surface area contributed by atoms with Crippen molar-refractivity contribution in [3.05, 3.63) is 35.1 Å². The third-order valence-corrected chi connectivity index (χ3v) is 2.57. The number of halogens is 1. The van der Waals surface area contributed by atoms with Crippen molar-refractivity contribution >= 4 is 5.91 Å². The summed E-state index contributed by atoms with van der Waals surface area (Å²) in [5.41, 5.74) is 7.94. The molecule has 5 nitrogen and oxygen atoms in total. The maximum atomic E-state index is 12.9. The van der Waals surface area contributed by atoms with Gasteiger partial charge in [-0.25, -0.2) is 9.87 Å². The van der Waals surface area contributed by atoms with Gasteiger partial charge in [-0.1, -0.05) is 25.5 Å². The summed E-state index contributed by atoms with van der Waals surface area (Å²) in [7, 11) is 0. The van der Waals surface area contributed by atoms with E-state index >= 15 is 0 Å². The summed E-state index contributed by atoms with van der Waals surface area (Å²) in [5.74, 6) is -0.697. The van der Waals surface area contributed by atoms with Crippen LogP contribution in [-0.2, 0) is 11.3 Å². The molecule has 6 heteroatoms. The van der Waals surface area contributed by atoms with Crippen LogP contribution in [-0.4, -0.2) is 24.2 Å². The highest BCUT2D eigenvalue weighted by Gasteiger charge is 1.98. The molecule has 0 atom stereocenters. The van der Waals surface area contributed by atoms with Crippen molar-refractivity contribution in [2.24, 2.45) is 5.73 Å². The van der Waals surface area contributed by atoms with Gasteiger partial charge in [0.1, 0.15) is 5.82 Å². The van der Waals surface area contributed by atoms with Gasteiger partial charge in [0.05, 0.1) is 6.54 Å². The maximum Gasteiger partial charge on any atom is 0.257 e. The molecule has 1 aromatic carbocycles. The van der Waals surface area contributed by atoms with Crippen molar-refractivity contribution in [3.63, 3.8) is 0 Å². The normalized spacial score (nSPS) is 9.65. The van der Waals surface area contributed by atoms with E-state index in [9.17, 15) is 9.18 Å². The minimum absolute atomic E-state index is 0.123. The molecular weight excluding hydrogens is 261 g/mol. The largest absolute Gasteiger partial charge is 0.322 e. The lowest BCUT2D eigenvalue weighted by Crippen LogP contribution is -2.26. The number of hydrogen-bond donors (Lipinski definition) is 4. The molecule has 114 valence electrons. The van der Waals surface area contributed by atoms with E-state index in [-0.39, 0.29) is 12.4 Å². The molecule has 5 N–H and O–H groups in total. The number of nitrogens with two attached hydrogens (primary N) is 1. The smallest absolute Gasteiger partial charge is 0.257 e. The quantitative estimate of drug-likeness (QED) is 0.362. The van der Waals surface area contributed by atoms with Crippen LogP contribution in [0.1, 0.15) is 30.9 Å². The minimum Gasteiger partial charge on any atom is -0.322 e. The number of amides is 1. The molecule has 0 aliphatic rings. The number of benzene rings is 1. The van der Waals surface area contributed by atoms with E-state index in [1.165, 1.54) is 24.4 Å². The molecule has 1 aromatic rings. The van der Waals surface area contributed by atoms with E-state index in [0.29, 0.717) is 0 Å². The first-order valence-electron chi connectivity index (χ1n) is 6.63. The Balaban J connectivity index is 0.000000511. The lowest BCUT2D eigenvalue weighted by molar-refractivity contribution is -0.127. The number of aryl methyl sites for hydroxylation is 1. The monoisotopic (exact) mass is 285 g/mol. The summed E-state index contributed by atoms with van der Waals surface area (Å²) in [6.45, 7) is 5.67. The molecule has 1 rings (SSSR count). The Morgan fingerprint density at radius 3 is 2.60 bits per heavy atom. The van der Waals surface area contributed by atoms with Crippen molar-refractivity contribution in [3.8, 4) is 0 Å². The zero-order valence-corrected chi connectivity index (χ0v) is 12.1. The van der Waals surface area contributed by atoms with Crippen LogP contribution in [0.25, 0.3) is 0 Å². The Kier molecular flexibility index (Phi) is 10.5. The summed E-state index contributed by atoms with van der Waals surface area (Å²) in [4.78, 5) is 9.69. The van der Waals surface area contributed by atoms with E-state index in [1.54, 1.807) is 6.92 Å². The van der Waals surface area contributed by atoms with E-state index in [4.69, 9.17) is 10.9 Å². The first-order chi connectivity index (χ1) is 9.54. The fraction of sp³-hybridized carbons (Fsp3) is 0.500. The first-order valence-corrected chi connectivity index (χ1v) is 6.63. The number of hydroxylamine groups is 1. The molecule has 0 aliphatic carbocycles. The Morgan fingerprint density at radius 1 is 1.45 bits per heavy atom. The van der Waals surface area contributed by atoms with Crippen LogP contribution in [0.4, 0.5) is 4.39 Å². The van der Waals surface area contributed by atoms with Crippen molar-refractivity contribution < 1.29 is 14.4 Å². The lowest BCUT2D eigenvalue weighted by atomic mass is 10.1. The number of unbranched alkanes of at least 4 members (excludes halogenated alkanes) is 1. The lowest BCUT2D eigenvalue weighted by Gasteiger charge is -2.05. The second-order valence-corrected chi connectivity index (χ2v) is 4.35. The van der Waals surface area contributed by atoms with Gasteiger partial charge in [-0.05, 0) is 37.1 Å². The molecule has 0 aliphatic heterocycles. The molecule has 0 aromatic heterocycles. The highest BCUT2D eigenvalue weighted by molar-refractivity contribution is 5.76. The molecule has 0 spiro atoms. The predicted molar refractivity (Wildman–Crippen MR) is 76.7 cm³/mol. The van der Waals surface area contributed by atoms with Gasteiger partial charge in [0.2, 0.25) is 0 Å². The Bertz CT molecular complexity index is 394. The van der Waals surface area contributed by atoms with Gasteiger partial charge in [-0.2, -0.15) is 0 Å². The third-order valence-electron chi connectivity index (χ3n) is 2.57. The summed E-state index contributed by atoms with van der Waals surface area (Å²) in [5, 5.41) is 11.0. The van der Waals surface area contributed by atoms with Gasteiger partial charge < -0.3 is 11.1 Å². The molecule has 20 heavy (non-hydrogen) atoms. The van der Waals surface area contributed by atoms with Crippen molar-refractivity contribution in [2.45, 2.75) is 33.2 Å². The van der Waals surface area contributed by atoms with Crippen LogP contribution in [0.15, 0.2) is 18.2 Å². The third kappa shape index (κ3) is 8.58.